The number of halogens is 1. The second kappa shape index (κ2) is 10.6. The minimum atomic E-state index is -0.168. The number of anilines is 1. The summed E-state index contributed by atoms with van der Waals surface area (Å²) in [6, 6.07) is 15.4. The Morgan fingerprint density at radius 3 is 2.72 bits per heavy atom. The number of nitrogens with one attached hydrogen (secondary N) is 1. The molecule has 3 rings (SSSR count). The average molecular weight is 449 g/mol. The van der Waals surface area contributed by atoms with Gasteiger partial charge in [0.1, 0.15) is 11.6 Å². The highest BCUT2D eigenvalue weighted by molar-refractivity contribution is 7.99. The molecule has 0 aliphatic carbocycles. The second-order valence-corrected chi connectivity index (χ2v) is 8.48. The number of ether oxygens (including phenoxy) is 1. The third-order valence-corrected chi connectivity index (χ3v) is 6.29. The summed E-state index contributed by atoms with van der Waals surface area (Å²) in [5, 5.41) is 12.5. The van der Waals surface area contributed by atoms with Crippen molar-refractivity contribution in [2.45, 2.75) is 16.7 Å². The summed E-state index contributed by atoms with van der Waals surface area (Å²) >= 11 is 9.12. The van der Waals surface area contributed by atoms with E-state index in [1.807, 2.05) is 29.8 Å². The molecule has 0 fully saturated rings. The van der Waals surface area contributed by atoms with Crippen molar-refractivity contribution in [2.24, 2.45) is 7.05 Å². The van der Waals surface area contributed by atoms with Crippen molar-refractivity contribution in [2.75, 3.05) is 18.2 Å². The summed E-state index contributed by atoms with van der Waals surface area (Å²) in [4.78, 5) is 12.3. The molecule has 0 spiro atoms. The molecule has 9 heteroatoms. The molecule has 29 heavy (non-hydrogen) atoms. The van der Waals surface area contributed by atoms with Gasteiger partial charge in [-0.15, -0.1) is 22.0 Å². The first kappa shape index (κ1) is 21.5. The van der Waals surface area contributed by atoms with E-state index in [-0.39, 0.29) is 11.7 Å². The third kappa shape index (κ3) is 6.16. The van der Waals surface area contributed by atoms with Crippen LogP contribution in [0.25, 0.3) is 0 Å². The van der Waals surface area contributed by atoms with Crippen molar-refractivity contribution in [3.8, 4) is 5.75 Å². The van der Waals surface area contributed by atoms with Crippen LogP contribution in [0.4, 0.5) is 5.69 Å². The molecule has 0 aliphatic rings. The van der Waals surface area contributed by atoms with Crippen LogP contribution in [-0.4, -0.2) is 33.5 Å². The Labute approximate surface area is 183 Å². The highest BCUT2D eigenvalue weighted by Crippen LogP contribution is 2.28. The molecule has 0 aliphatic heterocycles. The molecule has 0 atom stereocenters. The Kier molecular flexibility index (Phi) is 7.85. The molecule has 3 aromatic rings. The predicted molar refractivity (Wildman–Crippen MR) is 120 cm³/mol. The van der Waals surface area contributed by atoms with E-state index >= 15 is 0 Å². The van der Waals surface area contributed by atoms with Crippen molar-refractivity contribution in [1.82, 2.24) is 14.8 Å². The summed E-state index contributed by atoms with van der Waals surface area (Å²) in [6.07, 6.45) is 0. The molecule has 1 amide bonds. The number of amides is 1. The van der Waals surface area contributed by atoms with Gasteiger partial charge in [0.25, 0.3) is 0 Å². The fourth-order valence-corrected chi connectivity index (χ4v) is 4.39. The first-order valence-electron chi connectivity index (χ1n) is 8.83. The molecule has 0 saturated carbocycles. The van der Waals surface area contributed by atoms with Crippen molar-refractivity contribution in [3.63, 3.8) is 0 Å². The largest absolute Gasteiger partial charge is 0.495 e. The normalized spacial score (nSPS) is 10.7. The smallest absolute Gasteiger partial charge is 0.234 e. The Balaban J connectivity index is 1.51. The van der Waals surface area contributed by atoms with Gasteiger partial charge in [-0.25, -0.2) is 0 Å². The van der Waals surface area contributed by atoms with Crippen LogP contribution in [-0.2, 0) is 23.3 Å². The van der Waals surface area contributed by atoms with Crippen LogP contribution >= 0.6 is 35.1 Å². The zero-order valence-corrected chi connectivity index (χ0v) is 18.5. The van der Waals surface area contributed by atoms with E-state index in [2.05, 4.69) is 27.6 Å². The van der Waals surface area contributed by atoms with Gasteiger partial charge in [-0.1, -0.05) is 53.7 Å². The lowest BCUT2D eigenvalue weighted by Gasteiger charge is -2.10. The van der Waals surface area contributed by atoms with E-state index in [1.165, 1.54) is 17.3 Å². The van der Waals surface area contributed by atoms with E-state index in [0.717, 1.165) is 17.3 Å². The van der Waals surface area contributed by atoms with Crippen LogP contribution in [0.5, 0.6) is 5.75 Å². The molecule has 1 heterocycles. The second-order valence-electron chi connectivity index (χ2n) is 6.12. The topological polar surface area (TPSA) is 69.0 Å². The maximum Gasteiger partial charge on any atom is 0.234 e. The van der Waals surface area contributed by atoms with Gasteiger partial charge in [0.05, 0.1) is 24.3 Å². The highest BCUT2D eigenvalue weighted by atomic mass is 35.5. The molecule has 0 saturated heterocycles. The number of methoxy groups -OCH3 is 1. The summed E-state index contributed by atoms with van der Waals surface area (Å²) in [6.45, 7) is 0. The first-order chi connectivity index (χ1) is 14.1. The molecule has 0 radical (unpaired) electrons. The predicted octanol–water partition coefficient (Wildman–Crippen LogP) is 4.64. The Morgan fingerprint density at radius 2 is 1.97 bits per heavy atom. The number of hydrogen-bond acceptors (Lipinski definition) is 6. The maximum atomic E-state index is 12.3. The maximum absolute atomic E-state index is 12.3. The van der Waals surface area contributed by atoms with Crippen molar-refractivity contribution in [3.05, 3.63) is 64.9 Å². The van der Waals surface area contributed by atoms with Crippen LogP contribution in [0.15, 0.2) is 53.7 Å². The molecule has 2 aromatic carbocycles. The van der Waals surface area contributed by atoms with Gasteiger partial charge < -0.3 is 14.6 Å². The van der Waals surface area contributed by atoms with Crippen molar-refractivity contribution < 1.29 is 9.53 Å². The summed E-state index contributed by atoms with van der Waals surface area (Å²) in [5.74, 6) is 3.15. The molecule has 0 bridgehead atoms. The Bertz CT molecular complexity index is 966. The molecular formula is C20H21ClN4O2S2. The Morgan fingerprint density at radius 1 is 1.17 bits per heavy atom. The third-order valence-electron chi connectivity index (χ3n) is 4.04. The number of benzene rings is 2. The van der Waals surface area contributed by atoms with Crippen LogP contribution < -0.4 is 10.1 Å². The number of carbonyl (C=O) groups excluding carboxylic acids is 1. The number of carbonyl (C=O) groups is 1. The number of rotatable bonds is 9. The zero-order valence-electron chi connectivity index (χ0n) is 16.1. The zero-order chi connectivity index (χ0) is 20.6. The van der Waals surface area contributed by atoms with Gasteiger partial charge in [0, 0.05) is 17.8 Å². The average Bonchev–Trinajstić information content (AvgIpc) is 3.07. The molecule has 152 valence electrons. The molecule has 6 nitrogen and oxygen atoms in total. The highest BCUT2D eigenvalue weighted by Gasteiger charge is 2.13. The number of thioether (sulfide) groups is 2. The van der Waals surface area contributed by atoms with Crippen LogP contribution in [0.2, 0.25) is 5.02 Å². The van der Waals surface area contributed by atoms with Gasteiger partial charge in [0.2, 0.25) is 5.91 Å². The van der Waals surface area contributed by atoms with Gasteiger partial charge in [-0.05, 0) is 23.8 Å². The van der Waals surface area contributed by atoms with E-state index < -0.39 is 0 Å². The minimum Gasteiger partial charge on any atom is -0.495 e. The fraction of sp³-hybridized carbons (Fsp3) is 0.250. The number of hydrogen-bond donors (Lipinski definition) is 1. The van der Waals surface area contributed by atoms with Gasteiger partial charge in [-0.2, -0.15) is 0 Å². The minimum absolute atomic E-state index is 0.168. The number of nitrogens with zero attached hydrogens (tertiary/aromatic N) is 3. The first-order valence-corrected chi connectivity index (χ1v) is 11.3. The van der Waals surface area contributed by atoms with Gasteiger partial charge in [0.15, 0.2) is 5.16 Å². The SMILES string of the molecule is COc1ccc(Cl)cc1NC(=O)CSc1nnc(CSCc2ccccc2)n1C. The van der Waals surface area contributed by atoms with Crippen LogP contribution in [0.3, 0.4) is 0 Å². The van der Waals surface area contributed by atoms with E-state index in [0.29, 0.717) is 21.6 Å². The van der Waals surface area contributed by atoms with Crippen molar-refractivity contribution in [1.29, 1.82) is 0 Å². The number of aromatic nitrogens is 3. The Hall–Kier alpha value is -2.16. The molecule has 1 aromatic heterocycles. The molecule has 0 unspecified atom stereocenters. The lowest BCUT2D eigenvalue weighted by Crippen LogP contribution is -2.15. The summed E-state index contributed by atoms with van der Waals surface area (Å²) in [5.41, 5.74) is 1.82. The van der Waals surface area contributed by atoms with Gasteiger partial charge >= 0.3 is 0 Å². The van der Waals surface area contributed by atoms with Crippen LogP contribution in [0, 0.1) is 0 Å². The standard InChI is InChI=1S/C20H21ClN4O2S2/c1-25-18(12-28-11-14-6-4-3-5-7-14)23-24-20(25)29-13-19(26)22-16-10-15(21)8-9-17(16)27-2/h3-10H,11-13H2,1-2H3,(H,22,26). The monoisotopic (exact) mass is 448 g/mol. The van der Waals surface area contributed by atoms with Crippen molar-refractivity contribution >= 4 is 46.7 Å². The van der Waals surface area contributed by atoms with E-state index in [1.54, 1.807) is 37.1 Å². The summed E-state index contributed by atoms with van der Waals surface area (Å²) in [7, 11) is 3.46. The lowest BCUT2D eigenvalue weighted by molar-refractivity contribution is -0.113. The summed E-state index contributed by atoms with van der Waals surface area (Å²) < 4.78 is 7.17. The quantitative estimate of drug-likeness (QED) is 0.481. The lowest BCUT2D eigenvalue weighted by atomic mass is 10.2. The van der Waals surface area contributed by atoms with Gasteiger partial charge in [-0.3, -0.25) is 4.79 Å². The van der Waals surface area contributed by atoms with E-state index in [9.17, 15) is 4.79 Å². The molecular weight excluding hydrogens is 428 g/mol. The van der Waals surface area contributed by atoms with E-state index in [4.69, 9.17) is 16.3 Å². The molecule has 1 N–H and O–H groups in total. The fourth-order valence-electron chi connectivity index (χ4n) is 2.53. The van der Waals surface area contributed by atoms with Crippen LogP contribution in [0.1, 0.15) is 11.4 Å².